The fourth-order valence-corrected chi connectivity index (χ4v) is 3.24. The molecule has 0 unspecified atom stereocenters. The van der Waals surface area contributed by atoms with Crippen LogP contribution in [-0.4, -0.2) is 32.4 Å². The highest BCUT2D eigenvalue weighted by molar-refractivity contribution is 7.89. The summed E-state index contributed by atoms with van der Waals surface area (Å²) in [5, 5.41) is 7.86. The van der Waals surface area contributed by atoms with Crippen molar-refractivity contribution >= 4 is 33.5 Å². The number of nitrogens with one attached hydrogen (secondary N) is 1. The molecule has 132 valence electrons. The molecule has 2 rings (SSSR count). The summed E-state index contributed by atoms with van der Waals surface area (Å²) in [6.07, 6.45) is 2.93. The van der Waals surface area contributed by atoms with Crippen molar-refractivity contribution in [3.8, 4) is 0 Å². The molecule has 1 aliphatic carbocycles. The Morgan fingerprint density at radius 3 is 2.54 bits per heavy atom. The van der Waals surface area contributed by atoms with Crippen LogP contribution in [0.15, 0.2) is 23.1 Å². The molecule has 1 aromatic carbocycles. The van der Waals surface area contributed by atoms with E-state index in [4.69, 9.17) is 21.5 Å². The first-order chi connectivity index (χ1) is 11.2. The number of primary sulfonamides is 1. The van der Waals surface area contributed by atoms with Crippen molar-refractivity contribution in [3.05, 3.63) is 28.8 Å². The van der Waals surface area contributed by atoms with E-state index in [0.29, 0.717) is 0 Å². The lowest BCUT2D eigenvalue weighted by atomic mass is 10.2. The monoisotopic (exact) mass is 374 g/mol. The summed E-state index contributed by atoms with van der Waals surface area (Å²) >= 11 is 5.90. The van der Waals surface area contributed by atoms with Gasteiger partial charge in [-0.15, -0.1) is 0 Å². The van der Waals surface area contributed by atoms with E-state index in [2.05, 4.69) is 5.32 Å². The Bertz CT molecular complexity index is 744. The minimum absolute atomic E-state index is 0.0100. The predicted octanol–water partition coefficient (Wildman–Crippen LogP) is 1.59. The molecule has 1 aromatic rings. The molecule has 0 bridgehead atoms. The fourth-order valence-electron chi connectivity index (χ4n) is 2.50. The number of halogens is 1. The standard InChI is InChI=1S/C15H19ClN2O5S/c1-9(14(19)18-10-4-2-3-5-10)23-15(20)12-8-11(24(17,21)22)6-7-13(12)16/h6-10H,2-5H2,1H3,(H,18,19)(H2,17,21,22)/t9-/m0/s1. The van der Waals surface area contributed by atoms with Gasteiger partial charge in [0.1, 0.15) is 0 Å². The van der Waals surface area contributed by atoms with Gasteiger partial charge in [-0.25, -0.2) is 18.4 Å². The van der Waals surface area contributed by atoms with E-state index in [1.54, 1.807) is 0 Å². The number of rotatable bonds is 5. The van der Waals surface area contributed by atoms with Crippen molar-refractivity contribution in [1.29, 1.82) is 0 Å². The van der Waals surface area contributed by atoms with Crippen molar-refractivity contribution in [2.24, 2.45) is 5.14 Å². The van der Waals surface area contributed by atoms with Gasteiger partial charge in [0.05, 0.1) is 15.5 Å². The molecule has 0 aliphatic heterocycles. The van der Waals surface area contributed by atoms with Gasteiger partial charge < -0.3 is 10.1 Å². The highest BCUT2D eigenvalue weighted by Crippen LogP contribution is 2.22. The van der Waals surface area contributed by atoms with Crippen molar-refractivity contribution in [2.45, 2.75) is 49.6 Å². The molecule has 1 fully saturated rings. The number of esters is 1. The third-order valence-electron chi connectivity index (χ3n) is 3.84. The molecule has 1 saturated carbocycles. The second-order valence-electron chi connectivity index (χ2n) is 5.72. The van der Waals surface area contributed by atoms with Gasteiger partial charge in [0, 0.05) is 6.04 Å². The molecule has 0 saturated heterocycles. The summed E-state index contributed by atoms with van der Waals surface area (Å²) in [6.45, 7) is 1.44. The summed E-state index contributed by atoms with van der Waals surface area (Å²) in [5.74, 6) is -1.28. The Kier molecular flexibility index (Phi) is 5.84. The molecule has 0 radical (unpaired) electrons. The van der Waals surface area contributed by atoms with Crippen molar-refractivity contribution in [2.75, 3.05) is 0 Å². The van der Waals surface area contributed by atoms with Crippen LogP contribution in [-0.2, 0) is 19.6 Å². The van der Waals surface area contributed by atoms with Crippen LogP contribution in [0.3, 0.4) is 0 Å². The SMILES string of the molecule is C[C@H](OC(=O)c1cc(S(N)(=O)=O)ccc1Cl)C(=O)NC1CCCC1. The quantitative estimate of drug-likeness (QED) is 0.759. The average Bonchev–Trinajstić information content (AvgIpc) is 2.99. The summed E-state index contributed by atoms with van der Waals surface area (Å²) in [6, 6.07) is 3.56. The Labute approximate surface area is 145 Å². The fraction of sp³-hybridized carbons (Fsp3) is 0.467. The molecule has 0 aromatic heterocycles. The smallest absolute Gasteiger partial charge is 0.340 e. The maximum Gasteiger partial charge on any atom is 0.340 e. The number of amides is 1. The lowest BCUT2D eigenvalue weighted by molar-refractivity contribution is -0.129. The number of benzene rings is 1. The molecule has 1 amide bonds. The second kappa shape index (κ2) is 7.50. The van der Waals surface area contributed by atoms with E-state index in [9.17, 15) is 18.0 Å². The largest absolute Gasteiger partial charge is 0.449 e. The van der Waals surface area contributed by atoms with Gasteiger partial charge in [0.25, 0.3) is 5.91 Å². The first-order valence-electron chi connectivity index (χ1n) is 7.52. The number of nitrogens with two attached hydrogens (primary N) is 1. The van der Waals surface area contributed by atoms with Crippen LogP contribution < -0.4 is 10.5 Å². The van der Waals surface area contributed by atoms with Crippen LogP contribution in [0.1, 0.15) is 43.0 Å². The van der Waals surface area contributed by atoms with Crippen LogP contribution in [0.5, 0.6) is 0 Å². The highest BCUT2D eigenvalue weighted by Gasteiger charge is 2.25. The molecule has 0 heterocycles. The van der Waals surface area contributed by atoms with Gasteiger partial charge >= 0.3 is 5.97 Å². The van der Waals surface area contributed by atoms with Crippen molar-refractivity contribution in [3.63, 3.8) is 0 Å². The lowest BCUT2D eigenvalue weighted by Gasteiger charge is -2.17. The van der Waals surface area contributed by atoms with Gasteiger partial charge in [-0.1, -0.05) is 24.4 Å². The van der Waals surface area contributed by atoms with E-state index < -0.39 is 28.0 Å². The summed E-state index contributed by atoms with van der Waals surface area (Å²) in [4.78, 5) is 24.0. The molecule has 9 heteroatoms. The van der Waals surface area contributed by atoms with Crippen LogP contribution in [0.2, 0.25) is 5.02 Å². The number of hydrogen-bond acceptors (Lipinski definition) is 5. The van der Waals surface area contributed by atoms with E-state index in [1.807, 2.05) is 0 Å². The third kappa shape index (κ3) is 4.68. The van der Waals surface area contributed by atoms with E-state index in [0.717, 1.165) is 31.7 Å². The second-order valence-corrected chi connectivity index (χ2v) is 7.69. The van der Waals surface area contributed by atoms with Gasteiger partial charge in [0.15, 0.2) is 6.10 Å². The maximum absolute atomic E-state index is 12.2. The van der Waals surface area contributed by atoms with Gasteiger partial charge in [0.2, 0.25) is 10.0 Å². The molecular weight excluding hydrogens is 356 g/mol. The Balaban J connectivity index is 2.07. The third-order valence-corrected chi connectivity index (χ3v) is 5.08. The van der Waals surface area contributed by atoms with E-state index in [1.165, 1.54) is 19.1 Å². The maximum atomic E-state index is 12.2. The first kappa shape index (κ1) is 18.7. The van der Waals surface area contributed by atoms with Crippen LogP contribution in [0, 0.1) is 0 Å². The summed E-state index contributed by atoms with van der Waals surface area (Å²) in [5.41, 5.74) is -0.163. The molecular formula is C15H19ClN2O5S. The summed E-state index contributed by atoms with van der Waals surface area (Å²) < 4.78 is 27.8. The minimum atomic E-state index is -3.98. The number of hydrogen-bond donors (Lipinski definition) is 2. The van der Waals surface area contributed by atoms with Crippen molar-refractivity contribution < 1.29 is 22.7 Å². The van der Waals surface area contributed by atoms with E-state index >= 15 is 0 Å². The minimum Gasteiger partial charge on any atom is -0.449 e. The number of carbonyl (C=O) groups excluding carboxylic acids is 2. The highest BCUT2D eigenvalue weighted by atomic mass is 35.5. The van der Waals surface area contributed by atoms with Gasteiger partial charge in [-0.05, 0) is 38.0 Å². The van der Waals surface area contributed by atoms with Gasteiger partial charge in [-0.2, -0.15) is 0 Å². The normalized spacial score (nSPS) is 16.6. The van der Waals surface area contributed by atoms with Crippen LogP contribution >= 0.6 is 11.6 Å². The topological polar surface area (TPSA) is 116 Å². The first-order valence-corrected chi connectivity index (χ1v) is 9.44. The lowest BCUT2D eigenvalue weighted by Crippen LogP contribution is -2.40. The van der Waals surface area contributed by atoms with E-state index in [-0.39, 0.29) is 21.5 Å². The molecule has 1 aliphatic rings. The van der Waals surface area contributed by atoms with Crippen molar-refractivity contribution in [1.82, 2.24) is 5.32 Å². The zero-order chi connectivity index (χ0) is 17.9. The number of ether oxygens (including phenoxy) is 1. The van der Waals surface area contributed by atoms with Gasteiger partial charge in [-0.3, -0.25) is 4.79 Å². The molecule has 0 spiro atoms. The molecule has 24 heavy (non-hydrogen) atoms. The Hall–Kier alpha value is -1.64. The van der Waals surface area contributed by atoms with Crippen LogP contribution in [0.4, 0.5) is 0 Å². The zero-order valence-corrected chi connectivity index (χ0v) is 14.7. The molecule has 7 nitrogen and oxygen atoms in total. The molecule has 1 atom stereocenters. The Morgan fingerprint density at radius 1 is 1.33 bits per heavy atom. The average molecular weight is 375 g/mol. The predicted molar refractivity (Wildman–Crippen MR) is 88.1 cm³/mol. The number of carbonyl (C=O) groups is 2. The van der Waals surface area contributed by atoms with Crippen LogP contribution in [0.25, 0.3) is 0 Å². The zero-order valence-electron chi connectivity index (χ0n) is 13.1. The summed E-state index contributed by atoms with van der Waals surface area (Å²) in [7, 11) is -3.98. The number of sulfonamides is 1. The molecule has 3 N–H and O–H groups in total. The Morgan fingerprint density at radius 2 is 1.96 bits per heavy atom.